The topological polar surface area (TPSA) is 29.3 Å². The highest BCUT2D eigenvalue weighted by Crippen LogP contribution is 2.29. The summed E-state index contributed by atoms with van der Waals surface area (Å²) in [6.45, 7) is 11.2. The van der Waals surface area contributed by atoms with Gasteiger partial charge in [-0.05, 0) is 25.7 Å². The molecule has 1 saturated heterocycles. The first-order valence-corrected chi connectivity index (χ1v) is 5.03. The van der Waals surface area contributed by atoms with Crippen LogP contribution in [0, 0.1) is 11.8 Å². The van der Waals surface area contributed by atoms with E-state index >= 15 is 0 Å². The van der Waals surface area contributed by atoms with E-state index in [1.54, 1.807) is 0 Å². The standard InChI is InChI=1S/C10H22N2/c1-7-6-12(8(2)5-11)10(4)9(7)3/h7-10H,5-6,11H2,1-4H3. The summed E-state index contributed by atoms with van der Waals surface area (Å²) in [6.07, 6.45) is 0. The number of hydrogen-bond donors (Lipinski definition) is 1. The lowest BCUT2D eigenvalue weighted by Crippen LogP contribution is -2.41. The van der Waals surface area contributed by atoms with Gasteiger partial charge in [0.05, 0.1) is 0 Å². The van der Waals surface area contributed by atoms with E-state index in [1.807, 2.05) is 0 Å². The third-order valence-corrected chi connectivity index (χ3v) is 3.59. The van der Waals surface area contributed by atoms with Gasteiger partial charge < -0.3 is 5.73 Å². The summed E-state index contributed by atoms with van der Waals surface area (Å²) < 4.78 is 0. The van der Waals surface area contributed by atoms with Crippen molar-refractivity contribution in [2.75, 3.05) is 13.1 Å². The maximum absolute atomic E-state index is 5.66. The third kappa shape index (κ3) is 1.64. The van der Waals surface area contributed by atoms with Crippen molar-refractivity contribution in [3.8, 4) is 0 Å². The Morgan fingerprint density at radius 1 is 1.42 bits per heavy atom. The molecule has 4 atom stereocenters. The normalized spacial score (nSPS) is 40.2. The van der Waals surface area contributed by atoms with Gasteiger partial charge in [0.25, 0.3) is 0 Å². The lowest BCUT2D eigenvalue weighted by Gasteiger charge is -2.28. The molecule has 0 aliphatic carbocycles. The van der Waals surface area contributed by atoms with Gasteiger partial charge in [0, 0.05) is 25.2 Å². The Kier molecular flexibility index (Phi) is 3.13. The minimum Gasteiger partial charge on any atom is -0.329 e. The Labute approximate surface area is 76.1 Å². The van der Waals surface area contributed by atoms with Crippen LogP contribution in [0.4, 0.5) is 0 Å². The molecule has 0 saturated carbocycles. The molecule has 2 heteroatoms. The molecule has 1 rings (SSSR count). The Morgan fingerprint density at radius 2 is 2.00 bits per heavy atom. The minimum atomic E-state index is 0.549. The molecule has 2 N–H and O–H groups in total. The van der Waals surface area contributed by atoms with Crippen LogP contribution < -0.4 is 5.73 Å². The Bertz CT molecular complexity index is 147. The monoisotopic (exact) mass is 170 g/mol. The first-order valence-electron chi connectivity index (χ1n) is 5.03. The number of likely N-dealkylation sites (tertiary alicyclic amines) is 1. The second-order valence-electron chi connectivity index (χ2n) is 4.36. The van der Waals surface area contributed by atoms with E-state index in [1.165, 1.54) is 6.54 Å². The number of nitrogens with zero attached hydrogens (tertiary/aromatic N) is 1. The summed E-state index contributed by atoms with van der Waals surface area (Å²) in [6, 6.07) is 1.26. The Hall–Kier alpha value is -0.0800. The molecule has 1 aliphatic heterocycles. The fourth-order valence-corrected chi connectivity index (χ4v) is 2.16. The van der Waals surface area contributed by atoms with E-state index in [0.29, 0.717) is 12.1 Å². The van der Waals surface area contributed by atoms with Crippen LogP contribution in [0.3, 0.4) is 0 Å². The van der Waals surface area contributed by atoms with Gasteiger partial charge in [-0.2, -0.15) is 0 Å². The summed E-state index contributed by atoms with van der Waals surface area (Å²) in [4.78, 5) is 2.54. The van der Waals surface area contributed by atoms with Gasteiger partial charge in [0.1, 0.15) is 0 Å². The Balaban J connectivity index is 2.58. The van der Waals surface area contributed by atoms with Crippen molar-refractivity contribution in [3.63, 3.8) is 0 Å². The number of nitrogens with two attached hydrogens (primary N) is 1. The average Bonchev–Trinajstić information content (AvgIpc) is 2.32. The van der Waals surface area contributed by atoms with Crippen LogP contribution >= 0.6 is 0 Å². The molecule has 0 bridgehead atoms. The van der Waals surface area contributed by atoms with Gasteiger partial charge in [0.15, 0.2) is 0 Å². The van der Waals surface area contributed by atoms with Crippen molar-refractivity contribution < 1.29 is 0 Å². The second-order valence-corrected chi connectivity index (χ2v) is 4.36. The smallest absolute Gasteiger partial charge is 0.0193 e. The molecule has 1 aliphatic rings. The highest BCUT2D eigenvalue weighted by molar-refractivity contribution is 4.88. The second kappa shape index (κ2) is 3.75. The maximum atomic E-state index is 5.66. The molecule has 0 radical (unpaired) electrons. The molecule has 12 heavy (non-hydrogen) atoms. The zero-order valence-electron chi connectivity index (χ0n) is 8.75. The fourth-order valence-electron chi connectivity index (χ4n) is 2.16. The van der Waals surface area contributed by atoms with Crippen LogP contribution in [0.2, 0.25) is 0 Å². The largest absolute Gasteiger partial charge is 0.329 e. The van der Waals surface area contributed by atoms with Gasteiger partial charge in [0.2, 0.25) is 0 Å². The highest BCUT2D eigenvalue weighted by Gasteiger charge is 2.35. The van der Waals surface area contributed by atoms with Crippen molar-refractivity contribution in [2.24, 2.45) is 17.6 Å². The van der Waals surface area contributed by atoms with Gasteiger partial charge in [-0.3, -0.25) is 4.90 Å². The van der Waals surface area contributed by atoms with E-state index in [4.69, 9.17) is 5.73 Å². The van der Waals surface area contributed by atoms with Crippen molar-refractivity contribution in [2.45, 2.75) is 39.8 Å². The van der Waals surface area contributed by atoms with E-state index in [-0.39, 0.29) is 0 Å². The number of hydrogen-bond acceptors (Lipinski definition) is 2. The molecule has 0 aromatic carbocycles. The minimum absolute atomic E-state index is 0.549. The first kappa shape index (κ1) is 10.0. The maximum Gasteiger partial charge on any atom is 0.0193 e. The average molecular weight is 170 g/mol. The predicted molar refractivity (Wildman–Crippen MR) is 53.0 cm³/mol. The van der Waals surface area contributed by atoms with Crippen LogP contribution in [0.15, 0.2) is 0 Å². The molecule has 4 unspecified atom stereocenters. The summed E-state index contributed by atoms with van der Waals surface area (Å²) in [5.74, 6) is 1.65. The van der Waals surface area contributed by atoms with Crippen LogP contribution in [-0.4, -0.2) is 30.1 Å². The predicted octanol–water partition coefficient (Wildman–Crippen LogP) is 1.31. The zero-order valence-corrected chi connectivity index (χ0v) is 8.75. The fraction of sp³-hybridized carbons (Fsp3) is 1.00. The molecule has 1 heterocycles. The van der Waals surface area contributed by atoms with Gasteiger partial charge >= 0.3 is 0 Å². The summed E-state index contributed by atoms with van der Waals surface area (Å²) in [7, 11) is 0. The summed E-state index contributed by atoms with van der Waals surface area (Å²) >= 11 is 0. The van der Waals surface area contributed by atoms with Crippen molar-refractivity contribution in [1.82, 2.24) is 4.90 Å². The molecule has 0 amide bonds. The van der Waals surface area contributed by atoms with Gasteiger partial charge in [-0.1, -0.05) is 13.8 Å². The van der Waals surface area contributed by atoms with Crippen LogP contribution in [0.25, 0.3) is 0 Å². The Morgan fingerprint density at radius 3 is 2.33 bits per heavy atom. The van der Waals surface area contributed by atoms with E-state index in [9.17, 15) is 0 Å². The van der Waals surface area contributed by atoms with Crippen LogP contribution in [0.5, 0.6) is 0 Å². The summed E-state index contributed by atoms with van der Waals surface area (Å²) in [5, 5.41) is 0. The SMILES string of the molecule is CC1CN(C(C)CN)C(C)C1C. The molecule has 1 fully saturated rings. The molecule has 72 valence electrons. The molecule has 0 aromatic rings. The highest BCUT2D eigenvalue weighted by atomic mass is 15.2. The van der Waals surface area contributed by atoms with Crippen molar-refractivity contribution >= 4 is 0 Å². The van der Waals surface area contributed by atoms with Gasteiger partial charge in [-0.25, -0.2) is 0 Å². The molecule has 2 nitrogen and oxygen atoms in total. The van der Waals surface area contributed by atoms with Crippen molar-refractivity contribution in [3.05, 3.63) is 0 Å². The van der Waals surface area contributed by atoms with E-state index in [0.717, 1.165) is 18.4 Å². The lowest BCUT2D eigenvalue weighted by atomic mass is 9.95. The molecular formula is C10H22N2. The quantitative estimate of drug-likeness (QED) is 0.677. The molecule has 0 spiro atoms. The van der Waals surface area contributed by atoms with E-state index in [2.05, 4.69) is 32.6 Å². The molecular weight excluding hydrogens is 148 g/mol. The zero-order chi connectivity index (χ0) is 9.30. The molecule has 0 aromatic heterocycles. The van der Waals surface area contributed by atoms with Crippen molar-refractivity contribution in [1.29, 1.82) is 0 Å². The van der Waals surface area contributed by atoms with E-state index < -0.39 is 0 Å². The first-order chi connectivity index (χ1) is 5.57. The van der Waals surface area contributed by atoms with Crippen LogP contribution in [0.1, 0.15) is 27.7 Å². The van der Waals surface area contributed by atoms with Crippen LogP contribution in [-0.2, 0) is 0 Å². The number of rotatable bonds is 2. The third-order valence-electron chi connectivity index (χ3n) is 3.59. The lowest BCUT2D eigenvalue weighted by molar-refractivity contribution is 0.191. The summed E-state index contributed by atoms with van der Waals surface area (Å²) in [5.41, 5.74) is 5.66. The van der Waals surface area contributed by atoms with Gasteiger partial charge in [-0.15, -0.1) is 0 Å².